The van der Waals surface area contributed by atoms with Gasteiger partial charge in [-0.15, -0.1) is 0 Å². The van der Waals surface area contributed by atoms with Crippen molar-refractivity contribution in [3.05, 3.63) is 203 Å². The molecule has 1 unspecified atom stereocenters. The number of rotatable bonds is 3. The zero-order chi connectivity index (χ0) is 33.1. The maximum atomic E-state index is 5.25. The summed E-state index contributed by atoms with van der Waals surface area (Å²) in [6, 6.07) is 61.1. The van der Waals surface area contributed by atoms with Crippen LogP contribution in [0.25, 0.3) is 56.8 Å². The lowest BCUT2D eigenvalue weighted by Gasteiger charge is -2.43. The summed E-state index contributed by atoms with van der Waals surface area (Å²) >= 11 is 1.89. The van der Waals surface area contributed by atoms with E-state index in [0.29, 0.717) is 5.82 Å². The maximum Gasteiger partial charge on any atom is 0.160 e. The van der Waals surface area contributed by atoms with E-state index in [0.717, 1.165) is 28.1 Å². The fourth-order valence-electron chi connectivity index (χ4n) is 7.91. The van der Waals surface area contributed by atoms with Crippen molar-refractivity contribution in [1.82, 2.24) is 9.97 Å². The van der Waals surface area contributed by atoms with Crippen molar-refractivity contribution in [3.8, 4) is 33.9 Å². The average Bonchev–Trinajstić information content (AvgIpc) is 3.33. The Balaban J connectivity index is 1.30. The zero-order valence-electron chi connectivity index (χ0n) is 27.1. The molecule has 1 aliphatic heterocycles. The highest BCUT2D eigenvalue weighted by Gasteiger charge is 2.47. The van der Waals surface area contributed by atoms with Gasteiger partial charge in [-0.2, -0.15) is 0 Å². The topological polar surface area (TPSA) is 25.8 Å². The van der Waals surface area contributed by atoms with E-state index in [4.69, 9.17) is 9.97 Å². The number of nitrogens with zero attached hydrogens (tertiary/aromatic N) is 2. The van der Waals surface area contributed by atoms with E-state index in [1.165, 1.54) is 53.9 Å². The van der Waals surface area contributed by atoms with E-state index in [2.05, 4.69) is 170 Å². The second kappa shape index (κ2) is 11.5. The molecule has 1 aliphatic carbocycles. The SMILES string of the molecule is C1=Cc2ccc(-c3nc(-c4ccccc4)cc(-c4ccccc4)n3)cc2C2(c3ccccc31)c1ccccc1Sc1c2ccc2ccccc12. The number of hydrogen-bond acceptors (Lipinski definition) is 3. The molecule has 0 radical (unpaired) electrons. The van der Waals surface area contributed by atoms with Crippen LogP contribution in [0.3, 0.4) is 0 Å². The molecule has 8 aromatic rings. The number of fused-ring (bicyclic) bond motifs is 10. The Morgan fingerprint density at radius 2 is 1.04 bits per heavy atom. The van der Waals surface area contributed by atoms with Gasteiger partial charge < -0.3 is 0 Å². The predicted molar refractivity (Wildman–Crippen MR) is 207 cm³/mol. The number of benzene rings is 7. The van der Waals surface area contributed by atoms with Crippen molar-refractivity contribution < 1.29 is 0 Å². The smallest absolute Gasteiger partial charge is 0.160 e. The Labute approximate surface area is 295 Å². The molecule has 0 fully saturated rings. The lowest BCUT2D eigenvalue weighted by Crippen LogP contribution is -2.35. The van der Waals surface area contributed by atoms with Gasteiger partial charge in [0, 0.05) is 26.5 Å². The summed E-state index contributed by atoms with van der Waals surface area (Å²) in [7, 11) is 0. The number of hydrogen-bond donors (Lipinski definition) is 0. The van der Waals surface area contributed by atoms with Gasteiger partial charge in [-0.3, -0.25) is 0 Å². The molecule has 7 aromatic carbocycles. The van der Waals surface area contributed by atoms with E-state index in [1.807, 2.05) is 23.9 Å². The molecule has 2 nitrogen and oxygen atoms in total. The Hall–Kier alpha value is -6.03. The Bertz CT molecular complexity index is 2570. The first-order valence-electron chi connectivity index (χ1n) is 17.0. The first-order chi connectivity index (χ1) is 24.8. The molecule has 234 valence electrons. The molecular formula is C47H30N2S. The normalized spacial score (nSPS) is 15.5. The second-order valence-electron chi connectivity index (χ2n) is 12.9. The highest BCUT2D eigenvalue weighted by molar-refractivity contribution is 7.99. The largest absolute Gasteiger partial charge is 0.228 e. The van der Waals surface area contributed by atoms with Crippen LogP contribution in [-0.2, 0) is 5.41 Å². The van der Waals surface area contributed by atoms with Gasteiger partial charge in [0.05, 0.1) is 16.8 Å². The summed E-state index contributed by atoms with van der Waals surface area (Å²) in [5, 5.41) is 2.53. The monoisotopic (exact) mass is 654 g/mol. The van der Waals surface area contributed by atoms with Crippen molar-refractivity contribution in [2.75, 3.05) is 0 Å². The van der Waals surface area contributed by atoms with Crippen molar-refractivity contribution >= 4 is 34.7 Å². The van der Waals surface area contributed by atoms with Crippen LogP contribution in [0, 0.1) is 0 Å². The minimum atomic E-state index is -0.577. The molecule has 1 spiro atoms. The van der Waals surface area contributed by atoms with Crippen molar-refractivity contribution in [3.63, 3.8) is 0 Å². The van der Waals surface area contributed by atoms with Gasteiger partial charge in [0.2, 0.25) is 0 Å². The third-order valence-corrected chi connectivity index (χ3v) is 11.4. The quantitative estimate of drug-likeness (QED) is 0.190. The van der Waals surface area contributed by atoms with Gasteiger partial charge in [-0.05, 0) is 62.4 Å². The third kappa shape index (κ3) is 4.44. The van der Waals surface area contributed by atoms with Gasteiger partial charge in [0.1, 0.15) is 0 Å². The van der Waals surface area contributed by atoms with E-state index in [-0.39, 0.29) is 0 Å². The van der Waals surface area contributed by atoms with Gasteiger partial charge in [-0.1, -0.05) is 176 Å². The summed E-state index contributed by atoms with van der Waals surface area (Å²) < 4.78 is 0. The molecule has 0 saturated carbocycles. The zero-order valence-corrected chi connectivity index (χ0v) is 27.9. The summed E-state index contributed by atoms with van der Waals surface area (Å²) in [5.41, 5.74) is 11.9. The molecule has 10 rings (SSSR count). The molecular weight excluding hydrogens is 625 g/mol. The molecule has 1 atom stereocenters. The lowest BCUT2D eigenvalue weighted by molar-refractivity contribution is 0.704. The van der Waals surface area contributed by atoms with Crippen LogP contribution in [0.4, 0.5) is 0 Å². The van der Waals surface area contributed by atoms with E-state index in [9.17, 15) is 0 Å². The minimum Gasteiger partial charge on any atom is -0.228 e. The maximum absolute atomic E-state index is 5.25. The van der Waals surface area contributed by atoms with Crippen LogP contribution in [-0.4, -0.2) is 9.97 Å². The predicted octanol–water partition coefficient (Wildman–Crippen LogP) is 12.0. The molecule has 3 heteroatoms. The Kier molecular flexibility index (Phi) is 6.68. The average molecular weight is 655 g/mol. The molecule has 2 heterocycles. The van der Waals surface area contributed by atoms with E-state index >= 15 is 0 Å². The summed E-state index contributed by atoms with van der Waals surface area (Å²) in [5.74, 6) is 0.710. The molecule has 0 bridgehead atoms. The molecule has 1 aromatic heterocycles. The highest BCUT2D eigenvalue weighted by atomic mass is 32.2. The standard InChI is InChI=1S/C47H30N2S/c1-3-15-34(16-4-1)42-30-43(35-17-5-2-6-18-35)49-46(48-42)36-26-25-33-24-23-32-14-8-10-20-38(32)47(41(33)29-36)39-21-11-12-22-44(39)50-45-37-19-9-7-13-31(37)27-28-40(45)47/h1-30H. The van der Waals surface area contributed by atoms with E-state index < -0.39 is 5.41 Å². The molecule has 2 aliphatic rings. The summed E-state index contributed by atoms with van der Waals surface area (Å²) in [4.78, 5) is 13.1. The molecule has 50 heavy (non-hydrogen) atoms. The van der Waals surface area contributed by atoms with Crippen molar-refractivity contribution in [2.24, 2.45) is 0 Å². The fourth-order valence-corrected chi connectivity index (χ4v) is 9.24. The first kappa shape index (κ1) is 28.9. The van der Waals surface area contributed by atoms with Gasteiger partial charge >= 0.3 is 0 Å². The lowest BCUT2D eigenvalue weighted by atomic mass is 9.63. The van der Waals surface area contributed by atoms with Crippen LogP contribution in [0.15, 0.2) is 180 Å². The Morgan fingerprint density at radius 1 is 0.420 bits per heavy atom. The van der Waals surface area contributed by atoms with Crippen LogP contribution in [0.2, 0.25) is 0 Å². The molecule has 0 saturated heterocycles. The van der Waals surface area contributed by atoms with Gasteiger partial charge in [0.15, 0.2) is 5.82 Å². The number of aromatic nitrogens is 2. The van der Waals surface area contributed by atoms with Crippen LogP contribution < -0.4 is 0 Å². The van der Waals surface area contributed by atoms with Crippen LogP contribution >= 0.6 is 11.8 Å². The van der Waals surface area contributed by atoms with Crippen LogP contribution in [0.1, 0.15) is 33.4 Å². The van der Waals surface area contributed by atoms with Crippen molar-refractivity contribution in [1.29, 1.82) is 0 Å². The summed E-state index contributed by atoms with van der Waals surface area (Å²) in [6.45, 7) is 0. The second-order valence-corrected chi connectivity index (χ2v) is 14.0. The molecule has 0 N–H and O–H groups in total. The molecule has 0 amide bonds. The van der Waals surface area contributed by atoms with E-state index in [1.54, 1.807) is 0 Å². The highest BCUT2D eigenvalue weighted by Crippen LogP contribution is 2.59. The minimum absolute atomic E-state index is 0.577. The summed E-state index contributed by atoms with van der Waals surface area (Å²) in [6.07, 6.45) is 4.57. The van der Waals surface area contributed by atoms with Crippen LogP contribution in [0.5, 0.6) is 0 Å². The van der Waals surface area contributed by atoms with Crippen molar-refractivity contribution in [2.45, 2.75) is 15.2 Å². The first-order valence-corrected chi connectivity index (χ1v) is 17.8. The third-order valence-electron chi connectivity index (χ3n) is 10.2. The fraction of sp³-hybridized carbons (Fsp3) is 0.0213. The van der Waals surface area contributed by atoms with Gasteiger partial charge in [-0.25, -0.2) is 9.97 Å². The Morgan fingerprint density at radius 3 is 1.80 bits per heavy atom. The van der Waals surface area contributed by atoms with Gasteiger partial charge in [0.25, 0.3) is 0 Å².